The minimum Gasteiger partial charge on any atom is -0.485 e. The number of ether oxygens (including phenoxy) is 4. The lowest BCUT2D eigenvalue weighted by molar-refractivity contribution is -0.0425. The van der Waals surface area contributed by atoms with Gasteiger partial charge in [0.25, 0.3) is 0 Å². The fourth-order valence-electron chi connectivity index (χ4n) is 3.57. The first-order valence-electron chi connectivity index (χ1n) is 9.40. The van der Waals surface area contributed by atoms with Crippen LogP contribution in [0.3, 0.4) is 0 Å². The highest BCUT2D eigenvalue weighted by molar-refractivity contribution is 5.95. The zero-order valence-electron chi connectivity index (χ0n) is 15.8. The van der Waals surface area contributed by atoms with Gasteiger partial charge in [0.1, 0.15) is 35.7 Å². The maximum Gasteiger partial charge on any atom is 0.151 e. The molecule has 8 nitrogen and oxygen atoms in total. The molecule has 2 fully saturated rings. The summed E-state index contributed by atoms with van der Waals surface area (Å²) in [6, 6.07) is 14.5. The largest absolute Gasteiger partial charge is 0.485 e. The molecule has 0 unspecified atom stereocenters. The van der Waals surface area contributed by atoms with Gasteiger partial charge in [-0.2, -0.15) is 0 Å². The number of nitrogens with one attached hydrogen (secondary N) is 2. The first kappa shape index (κ1) is 19.4. The summed E-state index contributed by atoms with van der Waals surface area (Å²) in [5, 5.41) is 15.0. The second-order valence-corrected chi connectivity index (χ2v) is 7.15. The van der Waals surface area contributed by atoms with Gasteiger partial charge in [-0.1, -0.05) is 36.4 Å². The Balaban J connectivity index is 1.33. The van der Waals surface area contributed by atoms with E-state index in [9.17, 15) is 0 Å². The Morgan fingerprint density at radius 3 is 2.24 bits per heavy atom. The van der Waals surface area contributed by atoms with Gasteiger partial charge in [0, 0.05) is 11.1 Å². The summed E-state index contributed by atoms with van der Waals surface area (Å²) in [7, 11) is 0. The Bertz CT molecular complexity index is 902. The molecule has 0 amide bonds. The quantitative estimate of drug-likeness (QED) is 0.412. The molecule has 2 aromatic rings. The van der Waals surface area contributed by atoms with Crippen molar-refractivity contribution in [3.8, 4) is 5.75 Å². The van der Waals surface area contributed by atoms with Crippen molar-refractivity contribution in [3.63, 3.8) is 0 Å². The zero-order chi connectivity index (χ0) is 20.4. The van der Waals surface area contributed by atoms with Crippen LogP contribution in [0.25, 0.3) is 0 Å². The normalized spacial score (nSPS) is 25.5. The van der Waals surface area contributed by atoms with Crippen LogP contribution in [0, 0.1) is 10.8 Å². The third-order valence-corrected chi connectivity index (χ3v) is 5.12. The third kappa shape index (κ3) is 4.24. The summed E-state index contributed by atoms with van der Waals surface area (Å²) in [4.78, 5) is 0. The van der Waals surface area contributed by atoms with Gasteiger partial charge in [0.2, 0.25) is 0 Å². The number of amidine groups is 2. The number of hydrogen-bond donors (Lipinski definition) is 4. The van der Waals surface area contributed by atoms with E-state index in [1.165, 1.54) is 0 Å². The summed E-state index contributed by atoms with van der Waals surface area (Å²) < 4.78 is 23.9. The van der Waals surface area contributed by atoms with Crippen LogP contribution >= 0.6 is 0 Å². The van der Waals surface area contributed by atoms with E-state index in [4.69, 9.17) is 41.2 Å². The molecule has 0 spiro atoms. The predicted molar refractivity (Wildman–Crippen MR) is 107 cm³/mol. The van der Waals surface area contributed by atoms with Gasteiger partial charge in [-0.25, -0.2) is 0 Å². The van der Waals surface area contributed by atoms with Gasteiger partial charge in [-0.05, 0) is 17.7 Å². The molecule has 2 aromatic carbocycles. The highest BCUT2D eigenvalue weighted by atomic mass is 16.6. The van der Waals surface area contributed by atoms with Gasteiger partial charge in [-0.3, -0.25) is 10.8 Å². The summed E-state index contributed by atoms with van der Waals surface area (Å²) in [6.45, 7) is 1.27. The van der Waals surface area contributed by atoms with Crippen LogP contribution in [0.2, 0.25) is 0 Å². The molecule has 4 atom stereocenters. The second kappa shape index (κ2) is 8.20. The van der Waals surface area contributed by atoms with Crippen molar-refractivity contribution < 1.29 is 18.9 Å². The third-order valence-electron chi connectivity index (χ3n) is 5.12. The Labute approximate surface area is 168 Å². The summed E-state index contributed by atoms with van der Waals surface area (Å²) in [5.74, 6) is 0.673. The molecule has 152 valence electrons. The van der Waals surface area contributed by atoms with E-state index in [1.54, 1.807) is 30.3 Å². The van der Waals surface area contributed by atoms with Gasteiger partial charge in [0.05, 0.1) is 19.8 Å². The van der Waals surface area contributed by atoms with E-state index in [0.29, 0.717) is 36.7 Å². The monoisotopic (exact) mass is 396 g/mol. The molecule has 0 radical (unpaired) electrons. The van der Waals surface area contributed by atoms with Crippen molar-refractivity contribution in [1.82, 2.24) is 0 Å². The first-order valence-corrected chi connectivity index (χ1v) is 9.40. The molecule has 8 heteroatoms. The molecule has 0 aromatic heterocycles. The molecule has 29 heavy (non-hydrogen) atoms. The lowest BCUT2D eigenvalue weighted by Gasteiger charge is -2.18. The standard InChI is InChI=1S/C21H24N4O4/c22-20(23)13-6-4-12(5-7-13)9-26-16-10-27-19-17(11-28-18(16)19)29-15-3-1-2-14(8-15)21(24)25/h1-8,16-19H,9-11H2,(H3,22,23)(H3,24,25)/t16-,17+,18+,19+/m0/s1. The highest BCUT2D eigenvalue weighted by Crippen LogP contribution is 2.32. The van der Waals surface area contributed by atoms with Gasteiger partial charge < -0.3 is 30.4 Å². The summed E-state index contributed by atoms with van der Waals surface area (Å²) in [5.41, 5.74) is 13.3. The van der Waals surface area contributed by atoms with E-state index in [0.717, 1.165) is 5.56 Å². The molecule has 0 bridgehead atoms. The molecule has 0 saturated carbocycles. The number of benzene rings is 2. The van der Waals surface area contributed by atoms with Crippen molar-refractivity contribution in [1.29, 1.82) is 10.8 Å². The second-order valence-electron chi connectivity index (χ2n) is 7.15. The lowest BCUT2D eigenvalue weighted by atomic mass is 10.1. The SMILES string of the molecule is N=C(N)c1ccc(CO[C@H]2CO[C@H]3[C@@H]2OC[C@H]3Oc2cccc(C(=N)N)c2)cc1. The van der Waals surface area contributed by atoms with Crippen molar-refractivity contribution in [2.24, 2.45) is 11.5 Å². The molecule has 2 saturated heterocycles. The van der Waals surface area contributed by atoms with Gasteiger partial charge in [0.15, 0.2) is 6.10 Å². The van der Waals surface area contributed by atoms with E-state index in [2.05, 4.69) is 0 Å². The topological polar surface area (TPSA) is 137 Å². The average molecular weight is 396 g/mol. The molecule has 0 aliphatic carbocycles. The summed E-state index contributed by atoms with van der Waals surface area (Å²) in [6.07, 6.45) is -0.816. The molecule has 4 rings (SSSR count). The Kier molecular flexibility index (Phi) is 5.48. The van der Waals surface area contributed by atoms with Crippen LogP contribution in [0.5, 0.6) is 5.75 Å². The maximum absolute atomic E-state index is 7.55. The number of rotatable bonds is 7. The van der Waals surface area contributed by atoms with E-state index in [-0.39, 0.29) is 36.1 Å². The van der Waals surface area contributed by atoms with Crippen LogP contribution in [0.4, 0.5) is 0 Å². The van der Waals surface area contributed by atoms with E-state index < -0.39 is 0 Å². The Hall–Kier alpha value is -2.94. The molecule has 2 aliphatic rings. The molecule has 6 N–H and O–H groups in total. The van der Waals surface area contributed by atoms with Crippen LogP contribution in [0.15, 0.2) is 48.5 Å². The summed E-state index contributed by atoms with van der Waals surface area (Å²) >= 11 is 0. The van der Waals surface area contributed by atoms with Crippen LogP contribution < -0.4 is 16.2 Å². The van der Waals surface area contributed by atoms with E-state index >= 15 is 0 Å². The average Bonchev–Trinajstić information content (AvgIpc) is 3.30. The van der Waals surface area contributed by atoms with Crippen molar-refractivity contribution in [2.45, 2.75) is 31.0 Å². The maximum atomic E-state index is 7.55. The predicted octanol–water partition coefficient (Wildman–Crippen LogP) is 1.39. The number of nitrogens with two attached hydrogens (primary N) is 2. The molecular formula is C21H24N4O4. The highest BCUT2D eigenvalue weighted by Gasteiger charge is 2.49. The van der Waals surface area contributed by atoms with Crippen molar-refractivity contribution >= 4 is 11.7 Å². The molecule has 2 aliphatic heterocycles. The van der Waals surface area contributed by atoms with Crippen LogP contribution in [0.1, 0.15) is 16.7 Å². The van der Waals surface area contributed by atoms with Gasteiger partial charge in [-0.15, -0.1) is 0 Å². The van der Waals surface area contributed by atoms with Gasteiger partial charge >= 0.3 is 0 Å². The fraction of sp³-hybridized carbons (Fsp3) is 0.333. The number of fused-ring (bicyclic) bond motifs is 1. The molecule has 2 heterocycles. The fourth-order valence-corrected chi connectivity index (χ4v) is 3.57. The Morgan fingerprint density at radius 1 is 0.897 bits per heavy atom. The van der Waals surface area contributed by atoms with Crippen LogP contribution in [-0.2, 0) is 20.8 Å². The van der Waals surface area contributed by atoms with Crippen molar-refractivity contribution in [2.75, 3.05) is 13.2 Å². The van der Waals surface area contributed by atoms with Crippen LogP contribution in [-0.4, -0.2) is 49.3 Å². The zero-order valence-corrected chi connectivity index (χ0v) is 15.8. The minimum absolute atomic E-state index is 0.00193. The smallest absolute Gasteiger partial charge is 0.151 e. The van der Waals surface area contributed by atoms with Crippen molar-refractivity contribution in [3.05, 3.63) is 65.2 Å². The van der Waals surface area contributed by atoms with E-state index in [1.807, 2.05) is 18.2 Å². The molecular weight excluding hydrogens is 372 g/mol. The lowest BCUT2D eigenvalue weighted by Crippen LogP contribution is -2.35. The number of hydrogen-bond acceptors (Lipinski definition) is 6. The number of nitrogen functional groups attached to an aromatic ring is 2. The minimum atomic E-state index is -0.245. The first-order chi connectivity index (χ1) is 14.0. The Morgan fingerprint density at radius 2 is 1.55 bits per heavy atom.